The second-order valence-electron chi connectivity index (χ2n) is 8.82. The van der Waals surface area contributed by atoms with Crippen molar-refractivity contribution < 1.29 is 24.2 Å². The molecule has 33 heavy (non-hydrogen) atoms. The zero-order valence-electron chi connectivity index (χ0n) is 21.8. The van der Waals surface area contributed by atoms with Crippen LogP contribution in [0.25, 0.3) is 0 Å². The van der Waals surface area contributed by atoms with Crippen LogP contribution in [-0.2, 0) is 16.0 Å². The van der Waals surface area contributed by atoms with Crippen LogP contribution >= 0.6 is 0 Å². The Morgan fingerprint density at radius 2 is 1.36 bits per heavy atom. The van der Waals surface area contributed by atoms with Crippen molar-refractivity contribution >= 4 is 11.6 Å². The van der Waals surface area contributed by atoms with Gasteiger partial charge in [0.15, 0.2) is 11.5 Å². The van der Waals surface area contributed by atoms with Crippen LogP contribution in [0.5, 0.6) is 11.5 Å². The lowest BCUT2D eigenvalue weighted by Crippen LogP contribution is -2.16. The third-order valence-corrected chi connectivity index (χ3v) is 5.57. The number of carbonyl (C=O) groups is 2. The third-order valence-electron chi connectivity index (χ3n) is 5.57. The van der Waals surface area contributed by atoms with E-state index >= 15 is 0 Å². The average Bonchev–Trinajstić information content (AvgIpc) is 2.78. The van der Waals surface area contributed by atoms with E-state index in [2.05, 4.69) is 13.8 Å². The zero-order valence-corrected chi connectivity index (χ0v) is 21.8. The Hall–Kier alpha value is -1.88. The molecule has 0 aromatic heterocycles. The highest BCUT2D eigenvalue weighted by atomic mass is 16.5. The van der Waals surface area contributed by atoms with Gasteiger partial charge in [-0.3, -0.25) is 4.79 Å². The number of benzene rings is 1. The van der Waals surface area contributed by atoms with E-state index in [9.17, 15) is 14.7 Å². The maximum Gasteiger partial charge on any atom is 0.160 e. The van der Waals surface area contributed by atoms with Crippen LogP contribution in [0.1, 0.15) is 110 Å². The van der Waals surface area contributed by atoms with E-state index < -0.39 is 6.10 Å². The van der Waals surface area contributed by atoms with Gasteiger partial charge in [-0.1, -0.05) is 71.3 Å². The molecular weight excluding hydrogens is 416 g/mol. The van der Waals surface area contributed by atoms with Crippen molar-refractivity contribution in [1.82, 2.24) is 0 Å². The highest BCUT2D eigenvalue weighted by molar-refractivity contribution is 5.78. The van der Waals surface area contributed by atoms with E-state index in [0.29, 0.717) is 30.1 Å². The van der Waals surface area contributed by atoms with Gasteiger partial charge in [-0.25, -0.2) is 0 Å². The number of aliphatic hydroxyl groups excluding tert-OH is 1. The summed E-state index contributed by atoms with van der Waals surface area (Å²) in [6.45, 7) is 6.04. The molecule has 0 saturated heterocycles. The summed E-state index contributed by atoms with van der Waals surface area (Å²) in [5.74, 6) is 1.78. The smallest absolute Gasteiger partial charge is 0.160 e. The normalized spacial score (nSPS) is 11.3. The average molecular weight is 465 g/mol. The summed E-state index contributed by atoms with van der Waals surface area (Å²) in [5.41, 5.74) is 0.936. The van der Waals surface area contributed by atoms with Crippen molar-refractivity contribution in [1.29, 1.82) is 0 Å². The van der Waals surface area contributed by atoms with Gasteiger partial charge in [0.2, 0.25) is 0 Å². The summed E-state index contributed by atoms with van der Waals surface area (Å²) >= 11 is 0. The number of Topliss-reactive ketones (excluding diaryl/α,β-unsaturated/α-hetero) is 2. The fourth-order valence-corrected chi connectivity index (χ4v) is 3.62. The Labute approximate surface area is 202 Å². The molecule has 0 spiro atoms. The molecule has 5 heteroatoms. The Bertz CT molecular complexity index is 641. The van der Waals surface area contributed by atoms with Crippen LogP contribution < -0.4 is 9.47 Å². The van der Waals surface area contributed by atoms with Crippen molar-refractivity contribution in [2.24, 2.45) is 0 Å². The zero-order chi connectivity index (χ0) is 24.9. The Balaban J connectivity index is 0.000000861. The predicted octanol–water partition coefficient (Wildman–Crippen LogP) is 6.86. The minimum atomic E-state index is -0.642. The molecule has 1 aromatic carbocycles. The second-order valence-corrected chi connectivity index (χ2v) is 8.82. The van der Waals surface area contributed by atoms with Crippen molar-refractivity contribution in [3.05, 3.63) is 23.8 Å². The highest BCUT2D eigenvalue weighted by Crippen LogP contribution is 2.28. The van der Waals surface area contributed by atoms with Crippen molar-refractivity contribution in [2.75, 3.05) is 14.2 Å². The largest absolute Gasteiger partial charge is 0.493 e. The van der Waals surface area contributed by atoms with Gasteiger partial charge in [-0.15, -0.1) is 0 Å². The van der Waals surface area contributed by atoms with Gasteiger partial charge in [0, 0.05) is 19.3 Å². The number of hydrogen-bond donors (Lipinski definition) is 1. The van der Waals surface area contributed by atoms with Gasteiger partial charge in [0.05, 0.1) is 20.3 Å². The van der Waals surface area contributed by atoms with Crippen LogP contribution in [0.3, 0.4) is 0 Å². The molecule has 1 rings (SSSR count). The predicted molar refractivity (Wildman–Crippen MR) is 136 cm³/mol. The van der Waals surface area contributed by atoms with E-state index in [1.54, 1.807) is 21.1 Å². The molecule has 1 aromatic rings. The molecule has 0 heterocycles. The van der Waals surface area contributed by atoms with Crippen molar-refractivity contribution in [3.63, 3.8) is 0 Å². The quantitative estimate of drug-likeness (QED) is 0.240. The first-order valence-electron chi connectivity index (χ1n) is 12.8. The topological polar surface area (TPSA) is 72.8 Å². The molecule has 1 unspecified atom stereocenters. The Kier molecular flexibility index (Phi) is 19.5. The number of ketones is 2. The lowest BCUT2D eigenvalue weighted by molar-refractivity contribution is -0.121. The molecule has 1 atom stereocenters. The summed E-state index contributed by atoms with van der Waals surface area (Å²) in [7, 11) is 3.17. The van der Waals surface area contributed by atoms with E-state index in [0.717, 1.165) is 31.2 Å². The number of methoxy groups -OCH3 is 2. The maximum absolute atomic E-state index is 11.9. The molecule has 0 radical (unpaired) electrons. The molecule has 0 amide bonds. The molecule has 5 nitrogen and oxygen atoms in total. The van der Waals surface area contributed by atoms with Crippen LogP contribution in [0.2, 0.25) is 0 Å². The first-order valence-corrected chi connectivity index (χ1v) is 12.8. The lowest BCUT2D eigenvalue weighted by atomic mass is 10.0. The summed E-state index contributed by atoms with van der Waals surface area (Å²) in [4.78, 5) is 22.4. The van der Waals surface area contributed by atoms with Crippen LogP contribution in [-0.4, -0.2) is 37.0 Å². The van der Waals surface area contributed by atoms with Gasteiger partial charge < -0.3 is 19.4 Å². The molecule has 0 saturated carbocycles. The monoisotopic (exact) mass is 464 g/mol. The van der Waals surface area contributed by atoms with Gasteiger partial charge in [-0.05, 0) is 43.9 Å². The number of hydrogen-bond acceptors (Lipinski definition) is 5. The van der Waals surface area contributed by atoms with Gasteiger partial charge in [0.1, 0.15) is 11.6 Å². The summed E-state index contributed by atoms with van der Waals surface area (Å²) in [5, 5.41) is 10.1. The fraction of sp³-hybridized carbons (Fsp3) is 0.714. The van der Waals surface area contributed by atoms with Gasteiger partial charge in [0.25, 0.3) is 0 Å². The SMILES string of the molecule is CCCCCCCC(=O)CC(O)Cc1ccc(OC)c(OC)c1.CCCCCCCC(C)=O. The first-order chi connectivity index (χ1) is 15.9. The van der Waals surface area contributed by atoms with Crippen molar-refractivity contribution in [2.45, 2.75) is 117 Å². The fourth-order valence-electron chi connectivity index (χ4n) is 3.62. The molecule has 190 valence electrons. The summed E-state index contributed by atoms with van der Waals surface area (Å²) < 4.78 is 10.4. The first kappa shape index (κ1) is 31.1. The van der Waals surface area contributed by atoms with E-state index in [1.165, 1.54) is 44.9 Å². The van der Waals surface area contributed by atoms with E-state index in [-0.39, 0.29) is 12.2 Å². The van der Waals surface area contributed by atoms with Crippen molar-refractivity contribution in [3.8, 4) is 11.5 Å². The Morgan fingerprint density at radius 3 is 1.88 bits per heavy atom. The lowest BCUT2D eigenvalue weighted by Gasteiger charge is -2.13. The molecule has 0 aliphatic rings. The molecular formula is C28H48O5. The second kappa shape index (κ2) is 20.7. The number of carbonyl (C=O) groups excluding carboxylic acids is 2. The maximum atomic E-state index is 11.9. The number of rotatable bonds is 18. The van der Waals surface area contributed by atoms with Crippen LogP contribution in [0.15, 0.2) is 18.2 Å². The summed E-state index contributed by atoms with van der Waals surface area (Å²) in [6.07, 6.45) is 13.3. The van der Waals surface area contributed by atoms with Gasteiger partial charge in [-0.2, -0.15) is 0 Å². The molecule has 0 fully saturated rings. The number of aliphatic hydroxyl groups is 1. The van der Waals surface area contributed by atoms with Crippen LogP contribution in [0.4, 0.5) is 0 Å². The van der Waals surface area contributed by atoms with Gasteiger partial charge >= 0.3 is 0 Å². The standard InChI is InChI=1S/C19H30O4.C9H18O/c1-4-5-6-7-8-9-16(20)14-17(21)12-15-10-11-18(22-2)19(13-15)23-3;1-3-4-5-6-7-8-9(2)10/h10-11,13,17,21H,4-9,12,14H2,1-3H3;3-8H2,1-2H3. The van der Waals surface area contributed by atoms with E-state index in [1.807, 2.05) is 18.2 Å². The number of unbranched alkanes of at least 4 members (excludes halogenated alkanes) is 8. The minimum absolute atomic E-state index is 0.148. The summed E-state index contributed by atoms with van der Waals surface area (Å²) in [6, 6.07) is 5.55. The molecule has 0 bridgehead atoms. The molecule has 0 aliphatic heterocycles. The highest BCUT2D eigenvalue weighted by Gasteiger charge is 2.13. The number of ether oxygens (including phenoxy) is 2. The third kappa shape index (κ3) is 17.3. The Morgan fingerprint density at radius 1 is 0.818 bits per heavy atom. The van der Waals surface area contributed by atoms with E-state index in [4.69, 9.17) is 9.47 Å². The molecule has 1 N–H and O–H groups in total. The van der Waals surface area contributed by atoms with Crippen LogP contribution in [0, 0.1) is 0 Å². The molecule has 0 aliphatic carbocycles. The minimum Gasteiger partial charge on any atom is -0.493 e.